The molecule has 0 radical (unpaired) electrons. The average Bonchev–Trinajstić information content (AvgIpc) is 2.96. The van der Waals surface area contributed by atoms with Gasteiger partial charge in [-0.3, -0.25) is 4.90 Å². The molecule has 1 unspecified atom stereocenters. The molecule has 0 fully saturated rings. The van der Waals surface area contributed by atoms with Crippen LogP contribution >= 0.6 is 0 Å². The number of aryl methyl sites for hydroxylation is 1. The molecule has 0 aliphatic carbocycles. The molecular weight excluding hydrogens is 280 g/mol. The van der Waals surface area contributed by atoms with Crippen LogP contribution < -0.4 is 5.32 Å². The zero-order chi connectivity index (χ0) is 16.4. The predicted molar refractivity (Wildman–Crippen MR) is 98.5 cm³/mol. The standard InChI is InChI=1S/C21H28N2/c1-15(2)17(4)23-13-19-9-6-10-21(20(19)14-23)22-12-18-8-5-7-16(3)11-18/h5-11,15,17,22H,12-14H2,1-4H3. The molecule has 0 amide bonds. The van der Waals surface area contributed by atoms with Crippen LogP contribution in [0.15, 0.2) is 42.5 Å². The van der Waals surface area contributed by atoms with E-state index in [0.717, 1.165) is 19.6 Å². The monoisotopic (exact) mass is 308 g/mol. The molecule has 1 N–H and O–H groups in total. The lowest BCUT2D eigenvalue weighted by Crippen LogP contribution is -2.32. The number of fused-ring (bicyclic) bond motifs is 1. The Labute approximate surface area is 140 Å². The van der Waals surface area contributed by atoms with Gasteiger partial charge < -0.3 is 5.32 Å². The third-order valence-electron chi connectivity index (χ3n) is 5.11. The van der Waals surface area contributed by atoms with Crippen LogP contribution in [-0.2, 0) is 19.6 Å². The Hall–Kier alpha value is -1.80. The summed E-state index contributed by atoms with van der Waals surface area (Å²) in [4.78, 5) is 2.59. The number of rotatable bonds is 5. The molecule has 0 aromatic heterocycles. The molecule has 0 spiro atoms. The van der Waals surface area contributed by atoms with Gasteiger partial charge in [0.05, 0.1) is 0 Å². The van der Waals surface area contributed by atoms with Crippen LogP contribution in [0.2, 0.25) is 0 Å². The number of nitrogens with zero attached hydrogens (tertiary/aromatic N) is 1. The first kappa shape index (κ1) is 16.1. The Morgan fingerprint density at radius 2 is 1.83 bits per heavy atom. The fourth-order valence-electron chi connectivity index (χ4n) is 3.34. The molecule has 3 rings (SSSR count). The number of benzene rings is 2. The van der Waals surface area contributed by atoms with E-state index < -0.39 is 0 Å². The first-order valence-electron chi connectivity index (χ1n) is 8.69. The van der Waals surface area contributed by atoms with Crippen molar-refractivity contribution in [3.05, 3.63) is 64.7 Å². The quantitative estimate of drug-likeness (QED) is 0.839. The summed E-state index contributed by atoms with van der Waals surface area (Å²) in [6, 6.07) is 16.0. The van der Waals surface area contributed by atoms with Crippen LogP contribution in [0.5, 0.6) is 0 Å². The minimum atomic E-state index is 0.618. The molecule has 1 aliphatic heterocycles. The Kier molecular flexibility index (Phi) is 4.72. The molecule has 122 valence electrons. The summed E-state index contributed by atoms with van der Waals surface area (Å²) in [5.41, 5.74) is 6.91. The summed E-state index contributed by atoms with van der Waals surface area (Å²) in [7, 11) is 0. The summed E-state index contributed by atoms with van der Waals surface area (Å²) in [6.45, 7) is 12.1. The summed E-state index contributed by atoms with van der Waals surface area (Å²) >= 11 is 0. The molecule has 2 heteroatoms. The Morgan fingerprint density at radius 1 is 1.04 bits per heavy atom. The van der Waals surface area contributed by atoms with Gasteiger partial charge in [0, 0.05) is 31.4 Å². The summed E-state index contributed by atoms with van der Waals surface area (Å²) in [6.07, 6.45) is 0. The highest BCUT2D eigenvalue weighted by Gasteiger charge is 2.26. The van der Waals surface area contributed by atoms with Gasteiger partial charge in [-0.2, -0.15) is 0 Å². The van der Waals surface area contributed by atoms with Crippen molar-refractivity contribution in [3.8, 4) is 0 Å². The molecule has 0 saturated carbocycles. The van der Waals surface area contributed by atoms with Crippen molar-refractivity contribution >= 4 is 5.69 Å². The minimum Gasteiger partial charge on any atom is -0.381 e. The van der Waals surface area contributed by atoms with Gasteiger partial charge >= 0.3 is 0 Å². The second-order valence-corrected chi connectivity index (χ2v) is 7.18. The first-order valence-corrected chi connectivity index (χ1v) is 8.69. The normalized spacial score (nSPS) is 15.7. The first-order chi connectivity index (χ1) is 11.0. The van der Waals surface area contributed by atoms with E-state index in [1.165, 1.54) is 27.9 Å². The SMILES string of the molecule is Cc1cccc(CNc2cccc3c2CN(C(C)C(C)C)C3)c1. The highest BCUT2D eigenvalue weighted by Crippen LogP contribution is 2.32. The smallest absolute Gasteiger partial charge is 0.0400 e. The van der Waals surface area contributed by atoms with Crippen molar-refractivity contribution in [1.82, 2.24) is 4.90 Å². The molecule has 1 atom stereocenters. The largest absolute Gasteiger partial charge is 0.381 e. The van der Waals surface area contributed by atoms with E-state index in [-0.39, 0.29) is 0 Å². The van der Waals surface area contributed by atoms with Crippen molar-refractivity contribution in [2.24, 2.45) is 5.92 Å². The third-order valence-corrected chi connectivity index (χ3v) is 5.11. The van der Waals surface area contributed by atoms with Crippen LogP contribution in [-0.4, -0.2) is 10.9 Å². The lowest BCUT2D eigenvalue weighted by Gasteiger charge is -2.27. The molecule has 2 aromatic carbocycles. The Morgan fingerprint density at radius 3 is 2.57 bits per heavy atom. The Balaban J connectivity index is 1.73. The van der Waals surface area contributed by atoms with Crippen molar-refractivity contribution in [1.29, 1.82) is 0 Å². The van der Waals surface area contributed by atoms with Crippen molar-refractivity contribution in [2.75, 3.05) is 5.32 Å². The predicted octanol–water partition coefficient (Wildman–Crippen LogP) is 4.97. The van der Waals surface area contributed by atoms with Gasteiger partial charge in [0.1, 0.15) is 0 Å². The second-order valence-electron chi connectivity index (χ2n) is 7.18. The van der Waals surface area contributed by atoms with E-state index in [9.17, 15) is 0 Å². The molecule has 0 saturated heterocycles. The molecular formula is C21H28N2. The van der Waals surface area contributed by atoms with E-state index in [0.29, 0.717) is 12.0 Å². The summed E-state index contributed by atoms with van der Waals surface area (Å²) in [5, 5.41) is 3.65. The van der Waals surface area contributed by atoms with Gasteiger partial charge in [0.25, 0.3) is 0 Å². The molecule has 23 heavy (non-hydrogen) atoms. The van der Waals surface area contributed by atoms with Crippen LogP contribution in [0, 0.1) is 12.8 Å². The molecule has 1 heterocycles. The summed E-state index contributed by atoms with van der Waals surface area (Å²) in [5.74, 6) is 0.688. The van der Waals surface area contributed by atoms with Gasteiger partial charge in [0.2, 0.25) is 0 Å². The van der Waals surface area contributed by atoms with Crippen molar-refractivity contribution < 1.29 is 0 Å². The van der Waals surface area contributed by atoms with Gasteiger partial charge in [-0.05, 0) is 42.5 Å². The fraction of sp³-hybridized carbons (Fsp3) is 0.429. The molecule has 0 bridgehead atoms. The maximum absolute atomic E-state index is 3.65. The maximum Gasteiger partial charge on any atom is 0.0400 e. The van der Waals surface area contributed by atoms with E-state index in [4.69, 9.17) is 0 Å². The highest BCUT2D eigenvalue weighted by atomic mass is 15.2. The third kappa shape index (κ3) is 3.59. The average molecular weight is 308 g/mol. The van der Waals surface area contributed by atoms with Crippen LogP contribution in [0.3, 0.4) is 0 Å². The molecule has 2 aromatic rings. The molecule has 2 nitrogen and oxygen atoms in total. The van der Waals surface area contributed by atoms with Gasteiger partial charge in [-0.15, -0.1) is 0 Å². The van der Waals surface area contributed by atoms with Gasteiger partial charge in [0.15, 0.2) is 0 Å². The van der Waals surface area contributed by atoms with Crippen molar-refractivity contribution in [3.63, 3.8) is 0 Å². The molecule has 1 aliphatic rings. The number of hydrogen-bond acceptors (Lipinski definition) is 2. The zero-order valence-electron chi connectivity index (χ0n) is 14.8. The minimum absolute atomic E-state index is 0.618. The Bertz CT molecular complexity index is 675. The second kappa shape index (κ2) is 6.76. The van der Waals surface area contributed by atoms with E-state index in [1.54, 1.807) is 0 Å². The van der Waals surface area contributed by atoms with Gasteiger partial charge in [-0.25, -0.2) is 0 Å². The number of hydrogen-bond donors (Lipinski definition) is 1. The maximum atomic E-state index is 3.65. The summed E-state index contributed by atoms with van der Waals surface area (Å²) < 4.78 is 0. The van der Waals surface area contributed by atoms with Crippen LogP contribution in [0.4, 0.5) is 5.69 Å². The topological polar surface area (TPSA) is 15.3 Å². The van der Waals surface area contributed by atoms with Gasteiger partial charge in [-0.1, -0.05) is 55.8 Å². The van der Waals surface area contributed by atoms with Crippen molar-refractivity contribution in [2.45, 2.75) is 53.4 Å². The highest BCUT2D eigenvalue weighted by molar-refractivity contribution is 5.56. The van der Waals surface area contributed by atoms with E-state index in [1.807, 2.05) is 0 Å². The number of nitrogens with one attached hydrogen (secondary N) is 1. The lowest BCUT2D eigenvalue weighted by molar-refractivity contribution is 0.170. The zero-order valence-corrected chi connectivity index (χ0v) is 14.8. The lowest BCUT2D eigenvalue weighted by atomic mass is 10.1. The van der Waals surface area contributed by atoms with E-state index >= 15 is 0 Å². The fourth-order valence-corrected chi connectivity index (χ4v) is 3.34. The van der Waals surface area contributed by atoms with Crippen LogP contribution in [0.1, 0.15) is 43.0 Å². The van der Waals surface area contributed by atoms with Crippen LogP contribution in [0.25, 0.3) is 0 Å². The van der Waals surface area contributed by atoms with E-state index in [2.05, 4.69) is 80.4 Å². The number of anilines is 1.